The monoisotopic (exact) mass is 603 g/mol. The predicted octanol–water partition coefficient (Wildman–Crippen LogP) is 5.66. The molecule has 2 aromatic heterocycles. The summed E-state index contributed by atoms with van der Waals surface area (Å²) in [5.41, 5.74) is 2.89. The molecule has 0 saturated heterocycles. The fourth-order valence-corrected chi connectivity index (χ4v) is 6.54. The van der Waals surface area contributed by atoms with Crippen LogP contribution in [0.2, 0.25) is 0 Å². The maximum atomic E-state index is 14.0. The molecule has 0 aliphatic heterocycles. The van der Waals surface area contributed by atoms with Gasteiger partial charge in [-0.2, -0.15) is 0 Å². The molecule has 0 spiro atoms. The van der Waals surface area contributed by atoms with Gasteiger partial charge in [-0.3, -0.25) is 4.79 Å². The summed E-state index contributed by atoms with van der Waals surface area (Å²) < 4.78 is 36.1. The van der Waals surface area contributed by atoms with E-state index < -0.39 is 15.6 Å². The molecule has 0 unspecified atom stereocenters. The van der Waals surface area contributed by atoms with Gasteiger partial charge in [-0.15, -0.1) is 0 Å². The van der Waals surface area contributed by atoms with Crippen LogP contribution in [0.25, 0.3) is 17.1 Å². The highest BCUT2D eigenvalue weighted by molar-refractivity contribution is 7.89. The van der Waals surface area contributed by atoms with Gasteiger partial charge in [-0.25, -0.2) is 32.7 Å². The van der Waals surface area contributed by atoms with Crippen molar-refractivity contribution in [2.45, 2.75) is 84.1 Å². The molecule has 0 atom stereocenters. The van der Waals surface area contributed by atoms with Crippen molar-refractivity contribution in [3.63, 3.8) is 0 Å². The lowest BCUT2D eigenvalue weighted by molar-refractivity contribution is 0.337. The maximum absolute atomic E-state index is 14.0. The van der Waals surface area contributed by atoms with Crippen molar-refractivity contribution < 1.29 is 13.2 Å². The Bertz CT molecular complexity index is 1710. The first-order valence-corrected chi connectivity index (χ1v) is 16.3. The third-order valence-corrected chi connectivity index (χ3v) is 8.62. The van der Waals surface area contributed by atoms with E-state index >= 15 is 0 Å². The van der Waals surface area contributed by atoms with Gasteiger partial charge in [0, 0.05) is 29.5 Å². The van der Waals surface area contributed by atoms with Crippen LogP contribution in [0.1, 0.15) is 77.0 Å². The molecule has 228 valence electrons. The zero-order valence-corrected chi connectivity index (χ0v) is 26.7. The van der Waals surface area contributed by atoms with E-state index in [2.05, 4.69) is 21.6 Å². The van der Waals surface area contributed by atoms with Crippen molar-refractivity contribution >= 4 is 10.0 Å². The van der Waals surface area contributed by atoms with Crippen LogP contribution >= 0.6 is 0 Å². The zero-order chi connectivity index (χ0) is 31.2. The van der Waals surface area contributed by atoms with E-state index in [-0.39, 0.29) is 16.4 Å². The molecule has 10 heteroatoms. The van der Waals surface area contributed by atoms with Crippen LogP contribution < -0.4 is 15.0 Å². The molecule has 0 bridgehead atoms. The topological polar surface area (TPSA) is 116 Å². The third kappa shape index (κ3) is 7.74. The number of benzene rings is 2. The minimum absolute atomic E-state index is 0.184. The summed E-state index contributed by atoms with van der Waals surface area (Å²) in [5, 5.41) is 0. The maximum Gasteiger partial charge on any atom is 0.264 e. The van der Waals surface area contributed by atoms with E-state index in [9.17, 15) is 13.2 Å². The van der Waals surface area contributed by atoms with Gasteiger partial charge in [-0.1, -0.05) is 62.7 Å². The van der Waals surface area contributed by atoms with Gasteiger partial charge in [0.25, 0.3) is 5.56 Å². The molecule has 43 heavy (non-hydrogen) atoms. The highest BCUT2D eigenvalue weighted by atomic mass is 32.2. The highest BCUT2D eigenvalue weighted by Crippen LogP contribution is 2.29. The second-order valence-corrected chi connectivity index (χ2v) is 13.1. The summed E-state index contributed by atoms with van der Waals surface area (Å²) >= 11 is 0. The fraction of sp³-hybridized carbons (Fsp3) is 0.394. The van der Waals surface area contributed by atoms with Crippen LogP contribution in [0.5, 0.6) is 5.75 Å². The van der Waals surface area contributed by atoms with E-state index in [0.717, 1.165) is 29.7 Å². The lowest BCUT2D eigenvalue weighted by atomic mass is 9.98. The van der Waals surface area contributed by atoms with E-state index in [1.807, 2.05) is 65.0 Å². The molecule has 1 N–H and O–H groups in total. The molecule has 0 aliphatic rings. The van der Waals surface area contributed by atoms with Crippen molar-refractivity contribution in [2.75, 3.05) is 6.61 Å². The fourth-order valence-electron chi connectivity index (χ4n) is 4.89. The second kappa shape index (κ2) is 13.6. The average Bonchev–Trinajstić information content (AvgIpc) is 2.97. The summed E-state index contributed by atoms with van der Waals surface area (Å²) in [6, 6.07) is 14.6. The number of aromatic nitrogens is 4. The van der Waals surface area contributed by atoms with Crippen molar-refractivity contribution in [1.82, 2.24) is 24.2 Å². The zero-order valence-electron chi connectivity index (χ0n) is 25.8. The van der Waals surface area contributed by atoms with Gasteiger partial charge in [0.2, 0.25) is 16.0 Å². The lowest BCUT2D eigenvalue weighted by Gasteiger charge is -2.21. The predicted molar refractivity (Wildman–Crippen MR) is 169 cm³/mol. The van der Waals surface area contributed by atoms with Crippen molar-refractivity contribution in [1.29, 1.82) is 0 Å². The minimum Gasteiger partial charge on any atom is -0.491 e. The number of unbranched alkanes of at least 4 members (excludes halogenated alkanes) is 1. The molecule has 2 heterocycles. The first-order chi connectivity index (χ1) is 20.5. The van der Waals surface area contributed by atoms with Gasteiger partial charge in [0.05, 0.1) is 29.6 Å². The molecule has 2 aromatic carbocycles. The first-order valence-electron chi connectivity index (χ1n) is 14.8. The molecular formula is C33H41N5O4S. The van der Waals surface area contributed by atoms with E-state index in [4.69, 9.17) is 9.72 Å². The number of rotatable bonds is 12. The first kappa shape index (κ1) is 32.0. The molecule has 4 aromatic rings. The Labute approximate surface area is 254 Å². The molecular weight excluding hydrogens is 562 g/mol. The van der Waals surface area contributed by atoms with Crippen LogP contribution in [-0.2, 0) is 29.3 Å². The van der Waals surface area contributed by atoms with Gasteiger partial charge in [0.15, 0.2) is 5.75 Å². The van der Waals surface area contributed by atoms with Crippen LogP contribution in [0.4, 0.5) is 0 Å². The summed E-state index contributed by atoms with van der Waals surface area (Å²) in [6.45, 7) is 11.9. The van der Waals surface area contributed by atoms with Crippen molar-refractivity contribution in [3.8, 4) is 22.8 Å². The Morgan fingerprint density at radius 1 is 0.953 bits per heavy atom. The SMILES string of the molecule is CCCCc1nc(CC)n(-c2ncc(OCC)cn2)c(=O)c1Cc1ccc(-c2ccccc2S(=O)(=O)NC(C)(C)C)cc1. The largest absolute Gasteiger partial charge is 0.491 e. The summed E-state index contributed by atoms with van der Waals surface area (Å²) in [5.74, 6) is 1.41. The van der Waals surface area contributed by atoms with Crippen molar-refractivity contribution in [3.05, 3.63) is 93.9 Å². The molecule has 9 nitrogen and oxygen atoms in total. The third-order valence-electron chi connectivity index (χ3n) is 6.80. The molecule has 0 aliphatic carbocycles. The van der Waals surface area contributed by atoms with Crippen LogP contribution in [-0.4, -0.2) is 40.1 Å². The number of hydrogen-bond acceptors (Lipinski definition) is 7. The Balaban J connectivity index is 1.73. The van der Waals surface area contributed by atoms with Crippen LogP contribution in [0, 0.1) is 0 Å². The summed E-state index contributed by atoms with van der Waals surface area (Å²) in [4.78, 5) is 28.0. The standard InChI is InChI=1S/C33H41N5O4S/c1-7-10-14-28-27(31(39)38(30(8-2)36-28)32-34-21-25(22-35-32)42-9-3)20-23-16-18-24(19-17-23)26-13-11-12-15-29(26)43(40,41)37-33(4,5)6/h11-13,15-19,21-22,37H,7-10,14,20H2,1-6H3. The molecule has 0 fully saturated rings. The number of hydrogen-bond donors (Lipinski definition) is 1. The normalized spacial score (nSPS) is 12.0. The van der Waals surface area contributed by atoms with Gasteiger partial charge in [0.1, 0.15) is 5.82 Å². The molecule has 0 radical (unpaired) electrons. The van der Waals surface area contributed by atoms with Crippen LogP contribution in [0.3, 0.4) is 0 Å². The Hall–Kier alpha value is -3.89. The van der Waals surface area contributed by atoms with E-state index in [1.54, 1.807) is 30.6 Å². The molecule has 0 amide bonds. The van der Waals surface area contributed by atoms with Gasteiger partial charge >= 0.3 is 0 Å². The van der Waals surface area contributed by atoms with E-state index in [1.165, 1.54) is 4.57 Å². The average molecular weight is 604 g/mol. The number of nitrogens with zero attached hydrogens (tertiary/aromatic N) is 4. The van der Waals surface area contributed by atoms with Gasteiger partial charge < -0.3 is 4.74 Å². The Morgan fingerprint density at radius 3 is 2.23 bits per heavy atom. The quantitative estimate of drug-likeness (QED) is 0.222. The van der Waals surface area contributed by atoms with E-state index in [0.29, 0.717) is 48.6 Å². The van der Waals surface area contributed by atoms with Crippen LogP contribution in [0.15, 0.2) is 70.6 Å². The Kier molecular flexibility index (Phi) is 10.1. The summed E-state index contributed by atoms with van der Waals surface area (Å²) in [6.07, 6.45) is 6.65. The summed E-state index contributed by atoms with van der Waals surface area (Å²) in [7, 11) is -3.74. The lowest BCUT2D eigenvalue weighted by Crippen LogP contribution is -2.40. The van der Waals surface area contributed by atoms with Crippen molar-refractivity contribution in [2.24, 2.45) is 0 Å². The van der Waals surface area contributed by atoms with Gasteiger partial charge in [-0.05, 0) is 57.7 Å². The molecule has 0 saturated carbocycles. The smallest absolute Gasteiger partial charge is 0.264 e. The second-order valence-electron chi connectivity index (χ2n) is 11.4. The minimum atomic E-state index is -3.74. The molecule has 4 rings (SSSR count). The number of aryl methyl sites for hydroxylation is 2. The Morgan fingerprint density at radius 2 is 1.63 bits per heavy atom. The number of nitrogens with one attached hydrogen (secondary N) is 1. The number of ether oxygens (including phenoxy) is 1. The number of sulfonamides is 1. The highest BCUT2D eigenvalue weighted by Gasteiger charge is 2.25.